The van der Waals surface area contributed by atoms with Gasteiger partial charge in [-0.25, -0.2) is 4.79 Å². The molecule has 1 unspecified atom stereocenters. The summed E-state index contributed by atoms with van der Waals surface area (Å²) in [7, 11) is 0. The van der Waals surface area contributed by atoms with Crippen LogP contribution >= 0.6 is 11.3 Å². The monoisotopic (exact) mass is 270 g/mol. The number of hydrogen-bond acceptors (Lipinski definition) is 3. The maximum atomic E-state index is 11.4. The van der Waals surface area contributed by atoms with Crippen LogP contribution in [0.4, 0.5) is 4.79 Å². The van der Waals surface area contributed by atoms with Crippen molar-refractivity contribution in [3.8, 4) is 0 Å². The van der Waals surface area contributed by atoms with E-state index >= 15 is 0 Å². The Morgan fingerprint density at radius 3 is 2.72 bits per heavy atom. The summed E-state index contributed by atoms with van der Waals surface area (Å²) < 4.78 is 0. The van der Waals surface area contributed by atoms with Crippen LogP contribution in [-0.4, -0.2) is 30.3 Å². The summed E-state index contributed by atoms with van der Waals surface area (Å²) in [5, 5.41) is 17.1. The normalized spacial score (nSPS) is 12.4. The van der Waals surface area contributed by atoms with E-state index in [-0.39, 0.29) is 18.1 Å². The number of thiophene rings is 1. The topological polar surface area (TPSA) is 61.4 Å². The Morgan fingerprint density at radius 1 is 1.39 bits per heavy atom. The van der Waals surface area contributed by atoms with Crippen LogP contribution in [0.5, 0.6) is 0 Å². The van der Waals surface area contributed by atoms with Crippen LogP contribution in [0.3, 0.4) is 0 Å². The zero-order chi connectivity index (χ0) is 13.4. The molecule has 0 aliphatic carbocycles. The lowest BCUT2D eigenvalue weighted by atomic mass is 10.0. The molecule has 18 heavy (non-hydrogen) atoms. The quantitative estimate of drug-likeness (QED) is 0.709. The van der Waals surface area contributed by atoms with Crippen molar-refractivity contribution >= 4 is 17.4 Å². The van der Waals surface area contributed by atoms with Gasteiger partial charge in [-0.1, -0.05) is 19.9 Å². The minimum atomic E-state index is -0.351. The van der Waals surface area contributed by atoms with Crippen molar-refractivity contribution in [2.75, 3.05) is 13.1 Å². The number of rotatable bonds is 7. The van der Waals surface area contributed by atoms with Crippen LogP contribution in [0.2, 0.25) is 0 Å². The Kier molecular flexibility index (Phi) is 6.75. The second-order valence-corrected chi connectivity index (χ2v) is 5.64. The van der Waals surface area contributed by atoms with E-state index in [0.717, 1.165) is 6.42 Å². The summed E-state index contributed by atoms with van der Waals surface area (Å²) in [6.07, 6.45) is 1.10. The lowest BCUT2D eigenvalue weighted by Crippen LogP contribution is -2.38. The molecule has 1 atom stereocenters. The number of amides is 2. The van der Waals surface area contributed by atoms with E-state index in [1.165, 1.54) is 4.88 Å². The highest BCUT2D eigenvalue weighted by molar-refractivity contribution is 7.09. The first-order valence-corrected chi connectivity index (χ1v) is 7.19. The molecule has 1 aromatic rings. The highest BCUT2D eigenvalue weighted by atomic mass is 32.1. The first-order chi connectivity index (χ1) is 8.59. The molecule has 0 aliphatic heterocycles. The van der Waals surface area contributed by atoms with Gasteiger partial charge in [0.1, 0.15) is 0 Å². The van der Waals surface area contributed by atoms with Crippen molar-refractivity contribution in [1.82, 2.24) is 10.6 Å². The van der Waals surface area contributed by atoms with Gasteiger partial charge in [-0.05, 0) is 30.2 Å². The van der Waals surface area contributed by atoms with Crippen LogP contribution in [0.25, 0.3) is 0 Å². The molecular weight excluding hydrogens is 248 g/mol. The lowest BCUT2D eigenvalue weighted by Gasteiger charge is -2.14. The zero-order valence-electron chi connectivity index (χ0n) is 11.0. The van der Waals surface area contributed by atoms with Crippen molar-refractivity contribution < 1.29 is 9.90 Å². The second-order valence-electron chi connectivity index (χ2n) is 4.61. The molecule has 0 saturated heterocycles. The summed E-state index contributed by atoms with van der Waals surface area (Å²) in [4.78, 5) is 12.7. The maximum absolute atomic E-state index is 11.4. The van der Waals surface area contributed by atoms with Crippen LogP contribution in [0, 0.1) is 5.92 Å². The van der Waals surface area contributed by atoms with Gasteiger partial charge in [-0.3, -0.25) is 0 Å². The number of aliphatic hydroxyl groups is 1. The zero-order valence-corrected chi connectivity index (χ0v) is 11.8. The summed E-state index contributed by atoms with van der Waals surface area (Å²) >= 11 is 1.69. The molecule has 1 heterocycles. The molecule has 0 aromatic carbocycles. The number of hydrogen-bond donors (Lipinski definition) is 3. The molecule has 0 bridgehead atoms. The predicted molar refractivity (Wildman–Crippen MR) is 74.9 cm³/mol. The van der Waals surface area contributed by atoms with Gasteiger partial charge >= 0.3 is 6.03 Å². The molecule has 0 spiro atoms. The van der Waals surface area contributed by atoms with Gasteiger partial charge in [0.25, 0.3) is 0 Å². The van der Waals surface area contributed by atoms with E-state index < -0.39 is 0 Å². The van der Waals surface area contributed by atoms with Gasteiger partial charge in [-0.2, -0.15) is 0 Å². The minimum Gasteiger partial charge on any atom is -0.393 e. The van der Waals surface area contributed by atoms with Crippen molar-refractivity contribution in [1.29, 1.82) is 0 Å². The number of carbonyl (C=O) groups excluding carboxylic acids is 1. The third-order valence-corrected chi connectivity index (χ3v) is 3.67. The number of nitrogens with one attached hydrogen (secondary N) is 2. The van der Waals surface area contributed by atoms with Gasteiger partial charge in [0.05, 0.1) is 6.10 Å². The summed E-state index contributed by atoms with van der Waals surface area (Å²) in [5.74, 6) is 0.230. The van der Waals surface area contributed by atoms with Gasteiger partial charge in [0, 0.05) is 18.0 Å². The average Bonchev–Trinajstić information content (AvgIpc) is 2.81. The molecule has 3 N–H and O–H groups in total. The Morgan fingerprint density at radius 2 is 2.11 bits per heavy atom. The SMILES string of the molecule is CC(C)C(O)CCNC(=O)NCCc1cccs1. The largest absolute Gasteiger partial charge is 0.393 e. The molecule has 1 rings (SSSR count). The van der Waals surface area contributed by atoms with Gasteiger partial charge < -0.3 is 15.7 Å². The molecule has 1 aromatic heterocycles. The molecular formula is C13H22N2O2S. The van der Waals surface area contributed by atoms with Gasteiger partial charge in [0.15, 0.2) is 0 Å². The van der Waals surface area contributed by atoms with Crippen LogP contribution in [-0.2, 0) is 6.42 Å². The smallest absolute Gasteiger partial charge is 0.314 e. The molecule has 4 nitrogen and oxygen atoms in total. The molecule has 2 amide bonds. The Bertz CT molecular complexity index is 339. The fraction of sp³-hybridized carbons (Fsp3) is 0.615. The Hall–Kier alpha value is -1.07. The second kappa shape index (κ2) is 8.11. The summed E-state index contributed by atoms with van der Waals surface area (Å²) in [6.45, 7) is 5.07. The molecule has 0 fully saturated rings. The first-order valence-electron chi connectivity index (χ1n) is 6.31. The van der Waals surface area contributed by atoms with E-state index in [2.05, 4.69) is 16.7 Å². The van der Waals surface area contributed by atoms with Gasteiger partial charge in [0.2, 0.25) is 0 Å². The third kappa shape index (κ3) is 6.02. The first kappa shape index (κ1) is 15.0. The van der Waals surface area contributed by atoms with Crippen molar-refractivity contribution in [2.45, 2.75) is 32.8 Å². The van der Waals surface area contributed by atoms with E-state index in [9.17, 15) is 9.90 Å². The van der Waals surface area contributed by atoms with E-state index in [0.29, 0.717) is 19.5 Å². The Balaban J connectivity index is 2.04. The third-order valence-electron chi connectivity index (χ3n) is 2.73. The highest BCUT2D eigenvalue weighted by Gasteiger charge is 2.09. The van der Waals surface area contributed by atoms with E-state index in [4.69, 9.17) is 0 Å². The Labute approximate surface area is 112 Å². The molecule has 5 heteroatoms. The van der Waals surface area contributed by atoms with Crippen LogP contribution < -0.4 is 10.6 Å². The van der Waals surface area contributed by atoms with Crippen molar-refractivity contribution in [3.05, 3.63) is 22.4 Å². The molecule has 0 aliphatic rings. The number of aliphatic hydroxyl groups excluding tert-OH is 1. The molecule has 0 radical (unpaired) electrons. The van der Waals surface area contributed by atoms with Crippen LogP contribution in [0.15, 0.2) is 17.5 Å². The average molecular weight is 270 g/mol. The molecule has 102 valence electrons. The maximum Gasteiger partial charge on any atom is 0.314 e. The standard InChI is InChI=1S/C13H22N2O2S/c1-10(2)12(16)6-8-15-13(17)14-7-5-11-4-3-9-18-11/h3-4,9-10,12,16H,5-8H2,1-2H3,(H2,14,15,17). The number of carbonyl (C=O) groups is 1. The number of urea groups is 1. The van der Waals surface area contributed by atoms with Crippen molar-refractivity contribution in [2.24, 2.45) is 5.92 Å². The van der Waals surface area contributed by atoms with Gasteiger partial charge in [-0.15, -0.1) is 11.3 Å². The fourth-order valence-corrected chi connectivity index (χ4v) is 2.19. The lowest BCUT2D eigenvalue weighted by molar-refractivity contribution is 0.116. The van der Waals surface area contributed by atoms with E-state index in [1.54, 1.807) is 11.3 Å². The predicted octanol–water partition coefficient (Wildman–Crippen LogP) is 2.00. The summed E-state index contributed by atoms with van der Waals surface area (Å²) in [6, 6.07) is 3.90. The minimum absolute atomic E-state index is 0.164. The van der Waals surface area contributed by atoms with Crippen LogP contribution in [0.1, 0.15) is 25.1 Å². The fourth-order valence-electron chi connectivity index (χ4n) is 1.48. The van der Waals surface area contributed by atoms with E-state index in [1.807, 2.05) is 25.3 Å². The highest BCUT2D eigenvalue weighted by Crippen LogP contribution is 2.08. The van der Waals surface area contributed by atoms with Crippen molar-refractivity contribution in [3.63, 3.8) is 0 Å². The summed E-state index contributed by atoms with van der Waals surface area (Å²) in [5.41, 5.74) is 0. The molecule has 0 saturated carbocycles.